The minimum Gasteiger partial charge on any atom is -0.377 e. The normalized spacial score (nSPS) is 12.0. The number of aromatic nitrogens is 2. The molecule has 1 heterocycles. The molecule has 2 rings (SSSR count). The first-order chi connectivity index (χ1) is 16.0. The van der Waals surface area contributed by atoms with Gasteiger partial charge in [-0.3, -0.25) is 14.3 Å². The fraction of sp³-hybridized carbons (Fsp3) is 0.542. The molecule has 1 unspecified atom stereocenters. The lowest BCUT2D eigenvalue weighted by Gasteiger charge is -2.13. The van der Waals surface area contributed by atoms with Crippen LogP contribution >= 0.6 is 0 Å². The van der Waals surface area contributed by atoms with E-state index in [9.17, 15) is 9.59 Å². The summed E-state index contributed by atoms with van der Waals surface area (Å²) in [5.74, 6) is -0.132. The molecule has 0 saturated heterocycles. The zero-order valence-electron chi connectivity index (χ0n) is 19.7. The lowest BCUT2D eigenvalue weighted by atomic mass is 10.1. The Hall–Kier alpha value is -2.59. The van der Waals surface area contributed by atoms with Crippen LogP contribution in [-0.4, -0.2) is 80.9 Å². The van der Waals surface area contributed by atoms with Gasteiger partial charge < -0.3 is 24.3 Å². The SMILES string of the molecule is CC(=O)COCCOCCOCCOCCNC(=O)c1ccc(C(C)n2cc(C)cn2)cc1. The number of benzene rings is 1. The maximum Gasteiger partial charge on any atom is 0.251 e. The third-order valence-corrected chi connectivity index (χ3v) is 4.74. The first-order valence-corrected chi connectivity index (χ1v) is 11.2. The fourth-order valence-electron chi connectivity index (χ4n) is 2.93. The molecule has 0 fully saturated rings. The van der Waals surface area contributed by atoms with Gasteiger partial charge in [0.1, 0.15) is 6.61 Å². The van der Waals surface area contributed by atoms with Crippen LogP contribution in [0.1, 0.15) is 41.4 Å². The number of hydrogen-bond acceptors (Lipinski definition) is 7. The minimum absolute atomic E-state index is 0.00131. The molecule has 0 bridgehead atoms. The summed E-state index contributed by atoms with van der Waals surface area (Å²) in [5.41, 5.74) is 2.81. The summed E-state index contributed by atoms with van der Waals surface area (Å²) in [6.07, 6.45) is 3.83. The van der Waals surface area contributed by atoms with Crippen molar-refractivity contribution in [3.05, 3.63) is 53.3 Å². The molecule has 9 nitrogen and oxygen atoms in total. The van der Waals surface area contributed by atoms with Gasteiger partial charge in [0, 0.05) is 18.3 Å². The number of rotatable bonds is 17. The van der Waals surface area contributed by atoms with Crippen molar-refractivity contribution in [1.29, 1.82) is 0 Å². The molecule has 1 aromatic heterocycles. The summed E-state index contributed by atoms with van der Waals surface area (Å²) in [6, 6.07) is 7.65. The average Bonchev–Trinajstić information content (AvgIpc) is 3.24. The Balaban J connectivity index is 1.48. The largest absolute Gasteiger partial charge is 0.377 e. The first-order valence-electron chi connectivity index (χ1n) is 11.2. The Bertz CT molecular complexity index is 837. The van der Waals surface area contributed by atoms with Crippen molar-refractivity contribution in [2.45, 2.75) is 26.8 Å². The van der Waals surface area contributed by atoms with Crippen LogP contribution in [0.25, 0.3) is 0 Å². The van der Waals surface area contributed by atoms with Crippen molar-refractivity contribution in [3.8, 4) is 0 Å². The van der Waals surface area contributed by atoms with E-state index in [0.717, 1.165) is 11.1 Å². The standard InChI is InChI=1S/C24H35N3O6/c1-19-16-26-27(17-19)21(3)22-4-6-23(7-5-22)24(29)25-8-9-30-10-11-31-12-13-32-14-15-33-18-20(2)28/h4-7,16-17,21H,8-15,18H2,1-3H3,(H,25,29). The second kappa shape index (κ2) is 15.3. The van der Waals surface area contributed by atoms with Gasteiger partial charge in [0.2, 0.25) is 0 Å². The molecule has 1 amide bonds. The highest BCUT2D eigenvalue weighted by Gasteiger charge is 2.10. The number of nitrogens with zero attached hydrogens (tertiary/aromatic N) is 2. The van der Waals surface area contributed by atoms with Gasteiger partial charge in [0.25, 0.3) is 5.91 Å². The van der Waals surface area contributed by atoms with Crippen molar-refractivity contribution in [2.75, 3.05) is 59.4 Å². The minimum atomic E-state index is -0.131. The summed E-state index contributed by atoms with van der Waals surface area (Å²) in [5, 5.41) is 7.20. The van der Waals surface area contributed by atoms with Crippen LogP contribution in [0.5, 0.6) is 0 Å². The summed E-state index contributed by atoms with van der Waals surface area (Å²) < 4.78 is 23.2. The van der Waals surface area contributed by atoms with E-state index in [4.69, 9.17) is 18.9 Å². The molecule has 1 aromatic carbocycles. The number of Topliss-reactive ketones (excluding diaryl/α,β-unsaturated/α-hetero) is 1. The van der Waals surface area contributed by atoms with Gasteiger partial charge in [0.15, 0.2) is 5.78 Å². The van der Waals surface area contributed by atoms with Crippen LogP contribution in [0.4, 0.5) is 0 Å². The van der Waals surface area contributed by atoms with E-state index in [0.29, 0.717) is 58.4 Å². The lowest BCUT2D eigenvalue weighted by Crippen LogP contribution is -2.27. The molecule has 1 atom stereocenters. The number of ketones is 1. The van der Waals surface area contributed by atoms with Gasteiger partial charge in [-0.2, -0.15) is 5.10 Å². The Morgan fingerprint density at radius 3 is 2.06 bits per heavy atom. The van der Waals surface area contributed by atoms with Crippen LogP contribution in [0.3, 0.4) is 0 Å². The third kappa shape index (κ3) is 10.7. The van der Waals surface area contributed by atoms with E-state index in [1.54, 1.807) is 0 Å². The summed E-state index contributed by atoms with van der Waals surface area (Å²) in [4.78, 5) is 23.0. The van der Waals surface area contributed by atoms with Crippen molar-refractivity contribution in [1.82, 2.24) is 15.1 Å². The number of aryl methyl sites for hydroxylation is 1. The van der Waals surface area contributed by atoms with Crippen molar-refractivity contribution >= 4 is 11.7 Å². The van der Waals surface area contributed by atoms with Crippen molar-refractivity contribution in [2.24, 2.45) is 0 Å². The van der Waals surface area contributed by atoms with Gasteiger partial charge in [-0.15, -0.1) is 0 Å². The first kappa shape index (κ1) is 26.7. The number of carbonyl (C=O) groups excluding carboxylic acids is 2. The summed E-state index contributed by atoms with van der Waals surface area (Å²) >= 11 is 0. The predicted molar refractivity (Wildman–Crippen MR) is 124 cm³/mol. The quantitative estimate of drug-likeness (QED) is 0.360. The molecule has 0 aliphatic rings. The van der Waals surface area contributed by atoms with Gasteiger partial charge >= 0.3 is 0 Å². The molecule has 182 valence electrons. The summed E-state index contributed by atoms with van der Waals surface area (Å²) in [7, 11) is 0. The van der Waals surface area contributed by atoms with Crippen LogP contribution in [0.2, 0.25) is 0 Å². The zero-order chi connectivity index (χ0) is 23.9. The molecule has 0 aliphatic carbocycles. The third-order valence-electron chi connectivity index (χ3n) is 4.74. The highest BCUT2D eigenvalue weighted by Crippen LogP contribution is 2.18. The number of hydrogen-bond donors (Lipinski definition) is 1. The maximum absolute atomic E-state index is 12.3. The van der Waals surface area contributed by atoms with E-state index in [2.05, 4.69) is 17.3 Å². The smallest absolute Gasteiger partial charge is 0.251 e. The maximum atomic E-state index is 12.3. The van der Waals surface area contributed by atoms with Crippen molar-refractivity contribution in [3.63, 3.8) is 0 Å². The molecule has 2 aromatic rings. The van der Waals surface area contributed by atoms with Crippen LogP contribution in [0.15, 0.2) is 36.7 Å². The predicted octanol–water partition coefficient (Wildman–Crippen LogP) is 2.19. The van der Waals surface area contributed by atoms with Crippen molar-refractivity contribution < 1.29 is 28.5 Å². The average molecular weight is 462 g/mol. The highest BCUT2D eigenvalue weighted by molar-refractivity contribution is 5.94. The van der Waals surface area contributed by atoms with E-state index >= 15 is 0 Å². The fourth-order valence-corrected chi connectivity index (χ4v) is 2.93. The number of ether oxygens (including phenoxy) is 4. The molecule has 0 radical (unpaired) electrons. The van der Waals surface area contributed by atoms with Gasteiger partial charge in [-0.05, 0) is 44.0 Å². The highest BCUT2D eigenvalue weighted by atomic mass is 16.6. The molecule has 0 aliphatic heterocycles. The number of carbonyl (C=O) groups is 2. The topological polar surface area (TPSA) is 101 Å². The Morgan fingerprint density at radius 2 is 1.52 bits per heavy atom. The van der Waals surface area contributed by atoms with Crippen LogP contribution in [-0.2, 0) is 23.7 Å². The Kier molecular flexibility index (Phi) is 12.3. The van der Waals surface area contributed by atoms with Crippen LogP contribution < -0.4 is 5.32 Å². The summed E-state index contributed by atoms with van der Waals surface area (Å²) in [6.45, 7) is 9.15. The van der Waals surface area contributed by atoms with Crippen LogP contribution in [0, 0.1) is 6.92 Å². The molecular weight excluding hydrogens is 426 g/mol. The lowest BCUT2D eigenvalue weighted by molar-refractivity contribution is -0.122. The van der Waals surface area contributed by atoms with Gasteiger partial charge in [0.05, 0.1) is 58.5 Å². The number of nitrogens with one attached hydrogen (secondary N) is 1. The molecule has 1 N–H and O–H groups in total. The molecule has 9 heteroatoms. The van der Waals surface area contributed by atoms with E-state index in [-0.39, 0.29) is 24.3 Å². The second-order valence-electron chi connectivity index (χ2n) is 7.64. The number of amides is 1. The molecule has 33 heavy (non-hydrogen) atoms. The van der Waals surface area contributed by atoms with Gasteiger partial charge in [-0.25, -0.2) is 0 Å². The Labute approximate surface area is 195 Å². The molecular formula is C24H35N3O6. The molecule has 0 saturated carbocycles. The zero-order valence-corrected chi connectivity index (χ0v) is 19.7. The Morgan fingerprint density at radius 1 is 0.939 bits per heavy atom. The van der Waals surface area contributed by atoms with Gasteiger partial charge in [-0.1, -0.05) is 12.1 Å². The van der Waals surface area contributed by atoms with E-state index in [1.807, 2.05) is 48.3 Å². The second-order valence-corrected chi connectivity index (χ2v) is 7.64. The molecule has 0 spiro atoms. The van der Waals surface area contributed by atoms with E-state index in [1.165, 1.54) is 6.92 Å². The van der Waals surface area contributed by atoms with E-state index < -0.39 is 0 Å². The monoisotopic (exact) mass is 461 g/mol.